The zero-order valence-electron chi connectivity index (χ0n) is 12.8. The van der Waals surface area contributed by atoms with Gasteiger partial charge in [-0.2, -0.15) is 5.10 Å². The van der Waals surface area contributed by atoms with Crippen LogP contribution in [0.5, 0.6) is 0 Å². The van der Waals surface area contributed by atoms with E-state index in [1.165, 1.54) is 0 Å². The maximum atomic E-state index is 12.5. The van der Waals surface area contributed by atoms with E-state index < -0.39 is 0 Å². The molecule has 0 atom stereocenters. The predicted octanol–water partition coefficient (Wildman–Crippen LogP) is 3.44. The molecule has 1 amide bonds. The fourth-order valence-electron chi connectivity index (χ4n) is 2.41. The van der Waals surface area contributed by atoms with E-state index in [1.54, 1.807) is 52.8 Å². The molecule has 7 heteroatoms. The molecule has 0 bridgehead atoms. The van der Waals surface area contributed by atoms with Gasteiger partial charge in [-0.05, 0) is 43.3 Å². The van der Waals surface area contributed by atoms with E-state index in [1.807, 2.05) is 25.1 Å². The van der Waals surface area contributed by atoms with Crippen molar-refractivity contribution in [2.45, 2.75) is 6.92 Å². The lowest BCUT2D eigenvalue weighted by atomic mass is 10.2. The van der Waals surface area contributed by atoms with Crippen molar-refractivity contribution in [1.29, 1.82) is 0 Å². The van der Waals surface area contributed by atoms with Crippen LogP contribution in [-0.2, 0) is 0 Å². The van der Waals surface area contributed by atoms with Crippen LogP contribution in [0, 0.1) is 6.92 Å². The summed E-state index contributed by atoms with van der Waals surface area (Å²) in [6, 6.07) is 10.9. The van der Waals surface area contributed by atoms with Gasteiger partial charge < -0.3 is 5.32 Å². The van der Waals surface area contributed by atoms with E-state index in [4.69, 9.17) is 0 Å². The van der Waals surface area contributed by atoms with Crippen molar-refractivity contribution >= 4 is 33.1 Å². The number of aromatic nitrogens is 4. The van der Waals surface area contributed by atoms with Crippen LogP contribution < -0.4 is 5.32 Å². The average molecular weight is 335 g/mol. The number of fused-ring (bicyclic) bond motifs is 1. The number of hydrogen-bond acceptors (Lipinski definition) is 5. The third-order valence-electron chi connectivity index (χ3n) is 3.50. The molecule has 4 aromatic rings. The van der Waals surface area contributed by atoms with Crippen molar-refractivity contribution in [3.05, 3.63) is 65.6 Å². The Morgan fingerprint density at radius 1 is 1.21 bits per heavy atom. The fraction of sp³-hybridized carbons (Fsp3) is 0.0588. The summed E-state index contributed by atoms with van der Waals surface area (Å²) in [4.78, 5) is 21.2. The molecule has 1 N–H and O–H groups in total. The maximum Gasteiger partial charge on any atom is 0.255 e. The van der Waals surface area contributed by atoms with Crippen LogP contribution in [0.3, 0.4) is 0 Å². The van der Waals surface area contributed by atoms with E-state index in [2.05, 4.69) is 20.4 Å². The monoisotopic (exact) mass is 335 g/mol. The lowest BCUT2D eigenvalue weighted by Gasteiger charge is -2.07. The van der Waals surface area contributed by atoms with Crippen molar-refractivity contribution in [2.75, 3.05) is 5.32 Å². The van der Waals surface area contributed by atoms with Gasteiger partial charge in [-0.15, -0.1) is 11.3 Å². The van der Waals surface area contributed by atoms with Crippen LogP contribution >= 0.6 is 11.3 Å². The summed E-state index contributed by atoms with van der Waals surface area (Å²) in [5, 5.41) is 8.03. The van der Waals surface area contributed by atoms with Crippen LogP contribution in [0.1, 0.15) is 15.4 Å². The van der Waals surface area contributed by atoms with E-state index in [9.17, 15) is 4.79 Å². The summed E-state index contributed by atoms with van der Waals surface area (Å²) in [5.74, 6) is 0.398. The molecule has 118 valence electrons. The molecule has 6 nitrogen and oxygen atoms in total. The summed E-state index contributed by atoms with van der Waals surface area (Å²) < 4.78 is 2.72. The van der Waals surface area contributed by atoms with Gasteiger partial charge in [0, 0.05) is 29.8 Å². The zero-order valence-corrected chi connectivity index (χ0v) is 13.6. The van der Waals surface area contributed by atoms with Crippen LogP contribution in [0.25, 0.3) is 16.0 Å². The maximum absolute atomic E-state index is 12.5. The zero-order chi connectivity index (χ0) is 16.5. The minimum absolute atomic E-state index is 0.197. The van der Waals surface area contributed by atoms with E-state index in [-0.39, 0.29) is 5.91 Å². The Kier molecular flexibility index (Phi) is 3.55. The van der Waals surface area contributed by atoms with Crippen LogP contribution in [0.2, 0.25) is 0 Å². The lowest BCUT2D eigenvalue weighted by molar-refractivity contribution is 0.102. The molecule has 0 aliphatic carbocycles. The van der Waals surface area contributed by atoms with Gasteiger partial charge in [0.1, 0.15) is 0 Å². The molecule has 0 radical (unpaired) electrons. The number of amides is 1. The van der Waals surface area contributed by atoms with E-state index in [0.717, 1.165) is 20.9 Å². The molecule has 0 saturated heterocycles. The predicted molar refractivity (Wildman–Crippen MR) is 93.7 cm³/mol. The van der Waals surface area contributed by atoms with Gasteiger partial charge in [0.2, 0.25) is 0 Å². The van der Waals surface area contributed by atoms with Crippen molar-refractivity contribution in [2.24, 2.45) is 0 Å². The molecule has 3 aromatic heterocycles. The second kappa shape index (κ2) is 5.86. The Hall–Kier alpha value is -3.06. The van der Waals surface area contributed by atoms with Crippen LogP contribution in [0.4, 0.5) is 5.69 Å². The summed E-state index contributed by atoms with van der Waals surface area (Å²) in [6.45, 7) is 1.97. The average Bonchev–Trinajstić information content (AvgIpc) is 3.23. The molecular weight excluding hydrogens is 322 g/mol. The fourth-order valence-corrected chi connectivity index (χ4v) is 3.22. The topological polar surface area (TPSA) is 72.7 Å². The third-order valence-corrected chi connectivity index (χ3v) is 4.45. The molecule has 0 spiro atoms. The number of hydrogen-bond donors (Lipinski definition) is 1. The van der Waals surface area contributed by atoms with Crippen molar-refractivity contribution in [1.82, 2.24) is 19.7 Å². The number of benzene rings is 1. The summed E-state index contributed by atoms with van der Waals surface area (Å²) in [7, 11) is 0. The molecule has 0 unspecified atom stereocenters. The summed E-state index contributed by atoms with van der Waals surface area (Å²) in [5.41, 5.74) is 2.13. The van der Waals surface area contributed by atoms with Crippen molar-refractivity contribution in [3.63, 3.8) is 0 Å². The Morgan fingerprint density at radius 3 is 2.96 bits per heavy atom. The van der Waals surface area contributed by atoms with E-state index in [0.29, 0.717) is 11.4 Å². The first-order chi connectivity index (χ1) is 11.7. The normalized spacial score (nSPS) is 10.9. The Bertz CT molecular complexity index is 1020. The summed E-state index contributed by atoms with van der Waals surface area (Å²) in [6.07, 6.45) is 5.04. The minimum atomic E-state index is -0.197. The third kappa shape index (κ3) is 2.77. The number of carbonyl (C=O) groups excluding carboxylic acids is 1. The van der Waals surface area contributed by atoms with E-state index >= 15 is 0 Å². The van der Waals surface area contributed by atoms with Gasteiger partial charge >= 0.3 is 0 Å². The Labute approximate surface area is 141 Å². The van der Waals surface area contributed by atoms with Crippen molar-refractivity contribution < 1.29 is 4.79 Å². The highest BCUT2D eigenvalue weighted by Crippen LogP contribution is 2.24. The number of nitrogens with one attached hydrogen (secondary N) is 1. The van der Waals surface area contributed by atoms with Gasteiger partial charge in [0.05, 0.1) is 15.2 Å². The highest BCUT2D eigenvalue weighted by atomic mass is 32.1. The molecule has 0 aliphatic rings. The van der Waals surface area contributed by atoms with Gasteiger partial charge in [0.25, 0.3) is 5.91 Å². The molecule has 0 fully saturated rings. The summed E-state index contributed by atoms with van der Waals surface area (Å²) >= 11 is 1.63. The molecule has 0 saturated carbocycles. The molecular formula is C17H13N5OS. The standard InChI is InChI=1S/C17H13N5OS/c1-11-20-14-10-13(3-4-15(14)24-11)21-17(23)12-5-7-18-16(9-12)22-8-2-6-19-22/h2-10H,1H3,(H,21,23). The Morgan fingerprint density at radius 2 is 2.12 bits per heavy atom. The van der Waals surface area contributed by atoms with Gasteiger partial charge in [0.15, 0.2) is 5.82 Å². The number of carbonyl (C=O) groups is 1. The lowest BCUT2D eigenvalue weighted by Crippen LogP contribution is -2.13. The minimum Gasteiger partial charge on any atom is -0.322 e. The number of rotatable bonds is 3. The second-order valence-corrected chi connectivity index (χ2v) is 6.46. The van der Waals surface area contributed by atoms with Crippen LogP contribution in [0.15, 0.2) is 55.0 Å². The smallest absolute Gasteiger partial charge is 0.255 e. The molecule has 3 heterocycles. The molecule has 1 aromatic carbocycles. The Balaban J connectivity index is 1.60. The number of nitrogens with zero attached hydrogens (tertiary/aromatic N) is 4. The van der Waals surface area contributed by atoms with Gasteiger partial charge in [-0.25, -0.2) is 14.6 Å². The number of anilines is 1. The van der Waals surface area contributed by atoms with Gasteiger partial charge in [-0.1, -0.05) is 0 Å². The molecule has 0 aliphatic heterocycles. The van der Waals surface area contributed by atoms with Crippen LogP contribution in [-0.4, -0.2) is 25.7 Å². The molecule has 4 rings (SSSR count). The number of thiazole rings is 1. The first kappa shape index (κ1) is 14.5. The SMILES string of the molecule is Cc1nc2cc(NC(=O)c3ccnc(-n4cccn4)c3)ccc2s1. The molecule has 24 heavy (non-hydrogen) atoms. The first-order valence-corrected chi connectivity index (χ1v) is 8.15. The second-order valence-electron chi connectivity index (χ2n) is 5.22. The van der Waals surface area contributed by atoms with Crippen molar-refractivity contribution in [3.8, 4) is 5.82 Å². The quantitative estimate of drug-likeness (QED) is 0.622. The highest BCUT2D eigenvalue weighted by molar-refractivity contribution is 7.18. The van der Waals surface area contributed by atoms with Gasteiger partial charge in [-0.3, -0.25) is 4.79 Å². The first-order valence-electron chi connectivity index (χ1n) is 7.34. The number of aryl methyl sites for hydroxylation is 1. The highest BCUT2D eigenvalue weighted by Gasteiger charge is 2.10. The largest absolute Gasteiger partial charge is 0.322 e. The number of pyridine rings is 1.